The summed E-state index contributed by atoms with van der Waals surface area (Å²) >= 11 is 0. The van der Waals surface area contributed by atoms with Crippen molar-refractivity contribution in [1.82, 2.24) is 24.9 Å². The van der Waals surface area contributed by atoms with Crippen molar-refractivity contribution in [3.63, 3.8) is 0 Å². The van der Waals surface area contributed by atoms with Crippen molar-refractivity contribution in [2.45, 2.75) is 12.8 Å². The number of nitrogens with zero attached hydrogens (tertiary/aromatic N) is 5. The van der Waals surface area contributed by atoms with Gasteiger partial charge in [0.1, 0.15) is 0 Å². The van der Waals surface area contributed by atoms with Crippen molar-refractivity contribution in [2.24, 2.45) is 4.99 Å². The molecule has 2 fully saturated rings. The van der Waals surface area contributed by atoms with Crippen molar-refractivity contribution < 1.29 is 9.21 Å². The molecular weight excluding hydrogens is 356 g/mol. The first-order valence-corrected chi connectivity index (χ1v) is 10.4. The predicted octanol–water partition coefficient (Wildman–Crippen LogP) is 0.640. The minimum absolute atomic E-state index is 0.0310. The lowest BCUT2D eigenvalue weighted by molar-refractivity contribution is 0.0657. The number of likely N-dealkylation sites (N-methyl/N-ethyl adjacent to an activating group) is 1. The van der Waals surface area contributed by atoms with Crippen LogP contribution in [0.3, 0.4) is 0 Å². The van der Waals surface area contributed by atoms with Crippen LogP contribution >= 0.6 is 0 Å². The third-order valence-electron chi connectivity index (χ3n) is 5.59. The molecule has 28 heavy (non-hydrogen) atoms. The minimum Gasteiger partial charge on any atom is -0.459 e. The van der Waals surface area contributed by atoms with Crippen LogP contribution in [-0.4, -0.2) is 111 Å². The number of piperazine rings is 2. The fraction of sp³-hybridized carbons (Fsp3) is 0.700. The molecule has 8 heteroatoms. The van der Waals surface area contributed by atoms with Crippen LogP contribution in [0.5, 0.6) is 0 Å². The highest BCUT2D eigenvalue weighted by atomic mass is 16.3. The second-order valence-corrected chi connectivity index (χ2v) is 7.58. The summed E-state index contributed by atoms with van der Waals surface area (Å²) in [7, 11) is 4.02. The summed E-state index contributed by atoms with van der Waals surface area (Å²) in [6.45, 7) is 9.79. The summed E-state index contributed by atoms with van der Waals surface area (Å²) in [5.41, 5.74) is 0. The monoisotopic (exact) mass is 390 g/mol. The van der Waals surface area contributed by atoms with Gasteiger partial charge in [-0.2, -0.15) is 0 Å². The van der Waals surface area contributed by atoms with Gasteiger partial charge in [-0.1, -0.05) is 0 Å². The zero-order valence-electron chi connectivity index (χ0n) is 17.3. The number of rotatable bonds is 6. The predicted molar refractivity (Wildman–Crippen MR) is 111 cm³/mol. The Labute approximate surface area is 168 Å². The van der Waals surface area contributed by atoms with Gasteiger partial charge in [0.15, 0.2) is 11.7 Å². The fourth-order valence-electron chi connectivity index (χ4n) is 3.74. The van der Waals surface area contributed by atoms with Gasteiger partial charge in [-0.05, 0) is 38.6 Å². The Kier molecular flexibility index (Phi) is 7.73. The first kappa shape index (κ1) is 20.7. The van der Waals surface area contributed by atoms with Crippen LogP contribution in [0.2, 0.25) is 0 Å². The number of guanidine groups is 1. The van der Waals surface area contributed by atoms with Crippen LogP contribution in [-0.2, 0) is 0 Å². The summed E-state index contributed by atoms with van der Waals surface area (Å²) in [4.78, 5) is 25.8. The van der Waals surface area contributed by atoms with E-state index in [9.17, 15) is 4.79 Å². The van der Waals surface area contributed by atoms with Crippen molar-refractivity contribution >= 4 is 11.9 Å². The largest absolute Gasteiger partial charge is 0.459 e. The van der Waals surface area contributed by atoms with Crippen LogP contribution in [0.4, 0.5) is 0 Å². The van der Waals surface area contributed by atoms with E-state index in [0.717, 1.165) is 32.0 Å². The number of nitrogens with one attached hydrogen (secondary N) is 1. The third-order valence-corrected chi connectivity index (χ3v) is 5.59. The molecule has 0 spiro atoms. The molecule has 8 nitrogen and oxygen atoms in total. The molecule has 2 aliphatic heterocycles. The van der Waals surface area contributed by atoms with Crippen molar-refractivity contribution in [3.05, 3.63) is 24.2 Å². The molecule has 1 N–H and O–H groups in total. The van der Waals surface area contributed by atoms with Gasteiger partial charge in [-0.25, -0.2) is 0 Å². The van der Waals surface area contributed by atoms with Gasteiger partial charge >= 0.3 is 0 Å². The average molecular weight is 391 g/mol. The molecular formula is C20H34N6O2. The van der Waals surface area contributed by atoms with Crippen LogP contribution in [0, 0.1) is 0 Å². The average Bonchev–Trinajstić information content (AvgIpc) is 3.27. The standard InChI is InChI=1S/C20H34N6O2/c1-21-20(22-7-3-4-8-24-11-9-23(2)10-12-24)26-15-13-25(14-16-26)19(27)18-6-5-17-28-18/h5-6,17H,3-4,7-16H2,1-2H3,(H,21,22). The van der Waals surface area contributed by atoms with Crippen LogP contribution in [0.1, 0.15) is 23.4 Å². The maximum atomic E-state index is 12.4. The Hall–Kier alpha value is -2.06. The molecule has 0 aromatic carbocycles. The van der Waals surface area contributed by atoms with E-state index in [2.05, 4.69) is 32.1 Å². The molecule has 156 valence electrons. The van der Waals surface area contributed by atoms with E-state index >= 15 is 0 Å². The van der Waals surface area contributed by atoms with E-state index in [1.807, 2.05) is 11.9 Å². The highest BCUT2D eigenvalue weighted by Crippen LogP contribution is 2.09. The van der Waals surface area contributed by atoms with E-state index in [4.69, 9.17) is 4.42 Å². The van der Waals surface area contributed by atoms with Crippen LogP contribution in [0.25, 0.3) is 0 Å². The maximum Gasteiger partial charge on any atom is 0.289 e. The number of amides is 1. The first-order valence-electron chi connectivity index (χ1n) is 10.4. The smallest absolute Gasteiger partial charge is 0.289 e. The molecule has 0 saturated carbocycles. The van der Waals surface area contributed by atoms with E-state index in [-0.39, 0.29) is 5.91 Å². The van der Waals surface area contributed by atoms with Gasteiger partial charge in [0.2, 0.25) is 0 Å². The van der Waals surface area contributed by atoms with Crippen LogP contribution in [0.15, 0.2) is 27.8 Å². The molecule has 1 amide bonds. The van der Waals surface area contributed by atoms with Gasteiger partial charge in [-0.3, -0.25) is 9.79 Å². The van der Waals surface area contributed by atoms with Gasteiger partial charge < -0.3 is 29.3 Å². The minimum atomic E-state index is -0.0310. The number of carbonyl (C=O) groups is 1. The zero-order valence-corrected chi connectivity index (χ0v) is 17.3. The molecule has 3 rings (SSSR count). The Morgan fingerprint density at radius 1 is 1.07 bits per heavy atom. The number of carbonyl (C=O) groups excluding carboxylic acids is 1. The van der Waals surface area contributed by atoms with Gasteiger partial charge in [0.05, 0.1) is 6.26 Å². The summed E-state index contributed by atoms with van der Waals surface area (Å²) < 4.78 is 5.22. The Balaban J connectivity index is 1.32. The molecule has 2 saturated heterocycles. The molecule has 1 aromatic heterocycles. The maximum absolute atomic E-state index is 12.4. The molecule has 0 radical (unpaired) electrons. The van der Waals surface area contributed by atoms with E-state index in [0.29, 0.717) is 18.8 Å². The molecule has 2 aliphatic rings. The van der Waals surface area contributed by atoms with E-state index < -0.39 is 0 Å². The van der Waals surface area contributed by atoms with Crippen LogP contribution < -0.4 is 5.32 Å². The Morgan fingerprint density at radius 3 is 2.43 bits per heavy atom. The number of aliphatic imine (C=N–C) groups is 1. The van der Waals surface area contributed by atoms with Gasteiger partial charge in [0.25, 0.3) is 5.91 Å². The Bertz CT molecular complexity index is 617. The number of hydrogen-bond acceptors (Lipinski definition) is 5. The fourth-order valence-corrected chi connectivity index (χ4v) is 3.74. The van der Waals surface area contributed by atoms with E-state index in [1.54, 1.807) is 18.4 Å². The molecule has 0 unspecified atom stereocenters. The highest BCUT2D eigenvalue weighted by molar-refractivity contribution is 5.91. The summed E-state index contributed by atoms with van der Waals surface area (Å²) in [5, 5.41) is 3.48. The lowest BCUT2D eigenvalue weighted by Gasteiger charge is -2.36. The SMILES string of the molecule is CN=C(NCCCCN1CCN(C)CC1)N1CCN(C(=O)c2ccco2)CC1. The zero-order chi connectivity index (χ0) is 19.8. The second kappa shape index (κ2) is 10.5. The molecule has 0 atom stereocenters. The molecule has 3 heterocycles. The van der Waals surface area contributed by atoms with Crippen molar-refractivity contribution in [3.8, 4) is 0 Å². The van der Waals surface area contributed by atoms with Crippen molar-refractivity contribution in [2.75, 3.05) is 79.5 Å². The highest BCUT2D eigenvalue weighted by Gasteiger charge is 2.25. The van der Waals surface area contributed by atoms with E-state index in [1.165, 1.54) is 39.1 Å². The van der Waals surface area contributed by atoms with Crippen molar-refractivity contribution in [1.29, 1.82) is 0 Å². The summed E-state index contributed by atoms with van der Waals surface area (Å²) in [6.07, 6.45) is 3.89. The third kappa shape index (κ3) is 5.72. The van der Waals surface area contributed by atoms with Gasteiger partial charge in [0, 0.05) is 66.0 Å². The molecule has 0 bridgehead atoms. The number of unbranched alkanes of at least 4 members (excludes halogenated alkanes) is 1. The quantitative estimate of drug-likeness (QED) is 0.437. The topological polar surface area (TPSA) is 67.6 Å². The summed E-state index contributed by atoms with van der Waals surface area (Å²) in [5.74, 6) is 1.32. The summed E-state index contributed by atoms with van der Waals surface area (Å²) in [6, 6.07) is 3.47. The molecule has 1 aromatic rings. The lowest BCUT2D eigenvalue weighted by atomic mass is 10.2. The first-order chi connectivity index (χ1) is 13.7. The molecule has 0 aliphatic carbocycles. The number of hydrogen-bond donors (Lipinski definition) is 1. The normalized spacial score (nSPS) is 19.9. The Morgan fingerprint density at radius 2 is 1.79 bits per heavy atom. The lowest BCUT2D eigenvalue weighted by Crippen LogP contribution is -2.53. The number of furan rings is 1. The van der Waals surface area contributed by atoms with Gasteiger partial charge in [-0.15, -0.1) is 0 Å². The second-order valence-electron chi connectivity index (χ2n) is 7.58.